The first-order valence-electron chi connectivity index (χ1n) is 10.1. The van der Waals surface area contributed by atoms with Crippen molar-refractivity contribution in [3.8, 4) is 5.75 Å². The zero-order valence-corrected chi connectivity index (χ0v) is 19.4. The Morgan fingerprint density at radius 2 is 1.91 bits per heavy atom. The molecule has 10 heteroatoms. The van der Waals surface area contributed by atoms with Crippen LogP contribution in [-0.4, -0.2) is 30.1 Å². The van der Waals surface area contributed by atoms with Crippen LogP contribution in [0.2, 0.25) is 5.02 Å². The summed E-state index contributed by atoms with van der Waals surface area (Å²) in [6.07, 6.45) is -0.0471. The molecule has 4 rings (SSSR count). The maximum Gasteiger partial charge on any atom is 0.258 e. The summed E-state index contributed by atoms with van der Waals surface area (Å²) in [7, 11) is 1.42. The topological polar surface area (TPSA) is 96.5 Å². The van der Waals surface area contributed by atoms with Crippen molar-refractivity contribution in [3.05, 3.63) is 77.1 Å². The van der Waals surface area contributed by atoms with Crippen LogP contribution >= 0.6 is 23.4 Å². The van der Waals surface area contributed by atoms with E-state index >= 15 is 0 Å². The highest BCUT2D eigenvalue weighted by Crippen LogP contribution is 2.37. The van der Waals surface area contributed by atoms with Crippen LogP contribution < -0.4 is 20.7 Å². The zero-order chi connectivity index (χ0) is 24.2. The van der Waals surface area contributed by atoms with Crippen LogP contribution in [0.4, 0.5) is 21.5 Å². The lowest BCUT2D eigenvalue weighted by molar-refractivity contribution is -0.120. The Balaban J connectivity index is 1.45. The molecule has 1 heterocycles. The third kappa shape index (κ3) is 5.32. The summed E-state index contributed by atoms with van der Waals surface area (Å²) in [5.41, 5.74) is 1.14. The summed E-state index contributed by atoms with van der Waals surface area (Å²) in [6, 6.07) is 15.7. The number of amides is 3. The number of halogens is 2. The SMILES string of the molecule is COc1ccc(NC(=O)CC2Sc3ccccc3NC2=O)cc1NC(=O)c1ccc(Cl)cc1F. The van der Waals surface area contributed by atoms with E-state index in [4.69, 9.17) is 16.3 Å². The second kappa shape index (κ2) is 10.1. The Kier molecular flexibility index (Phi) is 7.04. The average molecular weight is 500 g/mol. The fraction of sp³-hybridized carbons (Fsp3) is 0.125. The molecule has 1 unspecified atom stereocenters. The van der Waals surface area contributed by atoms with Gasteiger partial charge in [-0.1, -0.05) is 23.7 Å². The Labute approximate surface area is 204 Å². The number of carbonyl (C=O) groups is 3. The van der Waals surface area contributed by atoms with Crippen LogP contribution in [-0.2, 0) is 9.59 Å². The molecule has 3 amide bonds. The summed E-state index contributed by atoms with van der Waals surface area (Å²) >= 11 is 7.07. The number of methoxy groups -OCH3 is 1. The highest BCUT2D eigenvalue weighted by atomic mass is 35.5. The van der Waals surface area contributed by atoms with Crippen LogP contribution in [0.1, 0.15) is 16.8 Å². The number of hydrogen-bond acceptors (Lipinski definition) is 5. The minimum atomic E-state index is -0.766. The number of benzene rings is 3. The Morgan fingerprint density at radius 3 is 2.68 bits per heavy atom. The second-order valence-corrected chi connectivity index (χ2v) is 9.02. The molecule has 1 atom stereocenters. The number of anilines is 3. The van der Waals surface area contributed by atoms with E-state index in [0.29, 0.717) is 11.4 Å². The van der Waals surface area contributed by atoms with Gasteiger partial charge < -0.3 is 20.7 Å². The third-order valence-corrected chi connectivity index (χ3v) is 6.49. The first-order chi connectivity index (χ1) is 16.3. The summed E-state index contributed by atoms with van der Waals surface area (Å²) < 4.78 is 19.4. The van der Waals surface area contributed by atoms with Gasteiger partial charge >= 0.3 is 0 Å². The molecular weight excluding hydrogens is 481 g/mol. The zero-order valence-electron chi connectivity index (χ0n) is 17.9. The Morgan fingerprint density at radius 1 is 1.12 bits per heavy atom. The van der Waals surface area contributed by atoms with Gasteiger partial charge in [-0.3, -0.25) is 14.4 Å². The summed E-state index contributed by atoms with van der Waals surface area (Å²) in [5, 5.41) is 7.70. The monoisotopic (exact) mass is 499 g/mol. The van der Waals surface area contributed by atoms with Gasteiger partial charge in [0.05, 0.1) is 29.3 Å². The lowest BCUT2D eigenvalue weighted by atomic mass is 10.1. The van der Waals surface area contributed by atoms with Crippen molar-refractivity contribution >= 4 is 58.1 Å². The molecule has 0 saturated heterocycles. The molecule has 174 valence electrons. The summed E-state index contributed by atoms with van der Waals surface area (Å²) in [5.74, 6) is -1.77. The Hall–Kier alpha value is -3.56. The normalized spacial score (nSPS) is 14.6. The van der Waals surface area contributed by atoms with Crippen molar-refractivity contribution in [1.29, 1.82) is 0 Å². The van der Waals surface area contributed by atoms with Crippen LogP contribution in [0.15, 0.2) is 65.6 Å². The van der Waals surface area contributed by atoms with Crippen molar-refractivity contribution in [2.75, 3.05) is 23.1 Å². The number of nitrogens with one attached hydrogen (secondary N) is 3. The highest BCUT2D eigenvalue weighted by molar-refractivity contribution is 8.01. The van der Waals surface area contributed by atoms with Crippen LogP contribution in [0.25, 0.3) is 0 Å². The summed E-state index contributed by atoms with van der Waals surface area (Å²) in [6.45, 7) is 0. The predicted molar refractivity (Wildman–Crippen MR) is 130 cm³/mol. The number of rotatable bonds is 6. The average Bonchev–Trinajstić information content (AvgIpc) is 2.79. The molecule has 0 fully saturated rings. The van der Waals surface area contributed by atoms with E-state index in [1.165, 1.54) is 37.1 Å². The number of ether oxygens (including phenoxy) is 1. The Bertz CT molecular complexity index is 1290. The molecule has 3 aromatic rings. The third-order valence-electron chi connectivity index (χ3n) is 4.98. The van der Waals surface area contributed by atoms with Gasteiger partial charge in [-0.15, -0.1) is 11.8 Å². The molecule has 0 saturated carbocycles. The van der Waals surface area contributed by atoms with Crippen molar-refractivity contribution < 1.29 is 23.5 Å². The van der Waals surface area contributed by atoms with E-state index in [-0.39, 0.29) is 34.5 Å². The van der Waals surface area contributed by atoms with Crippen LogP contribution in [0.5, 0.6) is 5.75 Å². The standard InChI is InChI=1S/C24H19ClFN3O4S/c1-33-19-9-7-14(11-18(19)29-23(31)15-8-6-13(25)10-16(15)26)27-22(30)12-21-24(32)28-17-4-2-3-5-20(17)34-21/h2-11,21H,12H2,1H3,(H,27,30)(H,28,32)(H,29,31). The number of hydrogen-bond donors (Lipinski definition) is 3. The lowest BCUT2D eigenvalue weighted by Crippen LogP contribution is -2.32. The molecule has 0 aliphatic carbocycles. The van der Waals surface area contributed by atoms with Crippen molar-refractivity contribution in [1.82, 2.24) is 0 Å². The highest BCUT2D eigenvalue weighted by Gasteiger charge is 2.29. The number of carbonyl (C=O) groups excluding carboxylic acids is 3. The molecule has 0 spiro atoms. The fourth-order valence-electron chi connectivity index (χ4n) is 3.35. The molecule has 3 N–H and O–H groups in total. The van der Waals surface area contributed by atoms with Crippen molar-refractivity contribution in [3.63, 3.8) is 0 Å². The van der Waals surface area contributed by atoms with Gasteiger partial charge in [0.15, 0.2) is 0 Å². The van der Waals surface area contributed by atoms with Gasteiger partial charge in [-0.25, -0.2) is 4.39 Å². The minimum Gasteiger partial charge on any atom is -0.495 e. The van der Waals surface area contributed by atoms with Gasteiger partial charge in [0.2, 0.25) is 11.8 Å². The van der Waals surface area contributed by atoms with E-state index in [9.17, 15) is 18.8 Å². The quantitative estimate of drug-likeness (QED) is 0.434. The van der Waals surface area contributed by atoms with Gasteiger partial charge in [0.25, 0.3) is 5.91 Å². The maximum atomic E-state index is 14.1. The molecule has 34 heavy (non-hydrogen) atoms. The molecule has 0 aromatic heterocycles. The molecule has 0 bridgehead atoms. The molecule has 3 aromatic carbocycles. The van der Waals surface area contributed by atoms with Gasteiger partial charge in [-0.05, 0) is 48.5 Å². The van der Waals surface area contributed by atoms with Crippen LogP contribution in [0, 0.1) is 5.82 Å². The lowest BCUT2D eigenvalue weighted by Gasteiger charge is -2.23. The maximum absolute atomic E-state index is 14.1. The van der Waals surface area contributed by atoms with E-state index < -0.39 is 17.0 Å². The van der Waals surface area contributed by atoms with Crippen LogP contribution in [0.3, 0.4) is 0 Å². The van der Waals surface area contributed by atoms with Gasteiger partial charge in [0, 0.05) is 22.0 Å². The number of para-hydroxylation sites is 1. The largest absolute Gasteiger partial charge is 0.495 e. The van der Waals surface area contributed by atoms with E-state index in [1.54, 1.807) is 18.2 Å². The number of thioether (sulfide) groups is 1. The second-order valence-electron chi connectivity index (χ2n) is 7.34. The van der Waals surface area contributed by atoms with Gasteiger partial charge in [-0.2, -0.15) is 0 Å². The van der Waals surface area contributed by atoms with Crippen molar-refractivity contribution in [2.24, 2.45) is 0 Å². The molecule has 7 nitrogen and oxygen atoms in total. The van der Waals surface area contributed by atoms with Crippen molar-refractivity contribution in [2.45, 2.75) is 16.6 Å². The first-order valence-corrected chi connectivity index (χ1v) is 11.4. The molecule has 1 aliphatic heterocycles. The smallest absolute Gasteiger partial charge is 0.258 e. The van der Waals surface area contributed by atoms with E-state index in [0.717, 1.165) is 16.6 Å². The van der Waals surface area contributed by atoms with E-state index in [2.05, 4.69) is 16.0 Å². The molecule has 0 radical (unpaired) electrons. The van der Waals surface area contributed by atoms with Gasteiger partial charge in [0.1, 0.15) is 11.6 Å². The predicted octanol–water partition coefficient (Wildman–Crippen LogP) is 5.18. The molecular formula is C24H19ClFN3O4S. The molecule has 1 aliphatic rings. The fourth-order valence-corrected chi connectivity index (χ4v) is 4.62. The summed E-state index contributed by atoms with van der Waals surface area (Å²) in [4.78, 5) is 38.5. The minimum absolute atomic E-state index is 0.0471. The first kappa shape index (κ1) is 23.6. The number of fused-ring (bicyclic) bond motifs is 1. The van der Waals surface area contributed by atoms with E-state index in [1.807, 2.05) is 18.2 Å².